The molecule has 0 aliphatic carbocycles. The Labute approximate surface area is 109 Å². The van der Waals surface area contributed by atoms with Crippen molar-refractivity contribution < 1.29 is 0 Å². The summed E-state index contributed by atoms with van der Waals surface area (Å²) >= 11 is 0. The SMILES string of the molecule is CCc1c(CN(C)CCNC)[nH]c2ccccc12. The molecule has 0 unspecified atom stereocenters. The Morgan fingerprint density at radius 3 is 2.78 bits per heavy atom. The summed E-state index contributed by atoms with van der Waals surface area (Å²) in [4.78, 5) is 5.91. The van der Waals surface area contributed by atoms with Crippen molar-refractivity contribution in [2.75, 3.05) is 27.2 Å². The number of para-hydroxylation sites is 1. The van der Waals surface area contributed by atoms with Crippen LogP contribution in [-0.4, -0.2) is 37.1 Å². The van der Waals surface area contributed by atoms with Gasteiger partial charge in [-0.3, -0.25) is 4.90 Å². The quantitative estimate of drug-likeness (QED) is 0.818. The van der Waals surface area contributed by atoms with E-state index in [4.69, 9.17) is 0 Å². The highest BCUT2D eigenvalue weighted by molar-refractivity contribution is 5.84. The number of aromatic amines is 1. The van der Waals surface area contributed by atoms with Crippen molar-refractivity contribution in [3.63, 3.8) is 0 Å². The lowest BCUT2D eigenvalue weighted by Crippen LogP contribution is -2.27. The van der Waals surface area contributed by atoms with Gasteiger partial charge in [0.25, 0.3) is 0 Å². The number of aryl methyl sites for hydroxylation is 1. The van der Waals surface area contributed by atoms with E-state index in [9.17, 15) is 0 Å². The average Bonchev–Trinajstić information content (AvgIpc) is 2.73. The van der Waals surface area contributed by atoms with E-state index in [1.165, 1.54) is 22.2 Å². The number of hydrogen-bond donors (Lipinski definition) is 2. The second-order valence-corrected chi connectivity index (χ2v) is 4.82. The third kappa shape index (κ3) is 2.74. The van der Waals surface area contributed by atoms with Crippen molar-refractivity contribution in [1.82, 2.24) is 15.2 Å². The first-order chi connectivity index (χ1) is 8.76. The maximum absolute atomic E-state index is 3.56. The molecule has 1 heterocycles. The first kappa shape index (κ1) is 13.1. The Hall–Kier alpha value is -1.32. The molecule has 2 rings (SSSR count). The molecule has 3 heteroatoms. The van der Waals surface area contributed by atoms with Crippen molar-refractivity contribution in [2.45, 2.75) is 19.9 Å². The fourth-order valence-corrected chi connectivity index (χ4v) is 2.45. The molecule has 0 aliphatic heterocycles. The zero-order valence-electron chi connectivity index (χ0n) is 11.6. The van der Waals surface area contributed by atoms with Crippen molar-refractivity contribution in [2.24, 2.45) is 0 Å². The van der Waals surface area contributed by atoms with Crippen LogP contribution in [0.1, 0.15) is 18.2 Å². The van der Waals surface area contributed by atoms with Gasteiger partial charge in [0.05, 0.1) is 0 Å². The highest BCUT2D eigenvalue weighted by Gasteiger charge is 2.10. The molecular formula is C15H23N3. The number of aromatic nitrogens is 1. The van der Waals surface area contributed by atoms with E-state index in [1.807, 2.05) is 7.05 Å². The van der Waals surface area contributed by atoms with E-state index in [1.54, 1.807) is 0 Å². The van der Waals surface area contributed by atoms with E-state index < -0.39 is 0 Å². The van der Waals surface area contributed by atoms with Gasteiger partial charge in [-0.2, -0.15) is 0 Å². The van der Waals surface area contributed by atoms with Gasteiger partial charge >= 0.3 is 0 Å². The molecule has 98 valence electrons. The number of H-pyrrole nitrogens is 1. The summed E-state index contributed by atoms with van der Waals surface area (Å²) in [6, 6.07) is 8.57. The van der Waals surface area contributed by atoms with Crippen LogP contribution in [0.2, 0.25) is 0 Å². The fourth-order valence-electron chi connectivity index (χ4n) is 2.45. The summed E-state index contributed by atoms with van der Waals surface area (Å²) < 4.78 is 0. The molecule has 0 saturated carbocycles. The molecule has 2 aromatic rings. The number of rotatable bonds is 6. The van der Waals surface area contributed by atoms with E-state index >= 15 is 0 Å². The molecule has 0 spiro atoms. The zero-order chi connectivity index (χ0) is 13.0. The van der Waals surface area contributed by atoms with Crippen LogP contribution in [0.25, 0.3) is 10.9 Å². The van der Waals surface area contributed by atoms with Crippen LogP contribution in [-0.2, 0) is 13.0 Å². The topological polar surface area (TPSA) is 31.1 Å². The molecule has 2 N–H and O–H groups in total. The normalized spacial score (nSPS) is 11.6. The lowest BCUT2D eigenvalue weighted by atomic mass is 10.1. The summed E-state index contributed by atoms with van der Waals surface area (Å²) in [6.45, 7) is 5.31. The molecule has 0 atom stereocenters. The third-order valence-electron chi connectivity index (χ3n) is 3.43. The van der Waals surface area contributed by atoms with Gasteiger partial charge in [0.2, 0.25) is 0 Å². The van der Waals surface area contributed by atoms with Crippen LogP contribution >= 0.6 is 0 Å². The van der Waals surface area contributed by atoms with Gasteiger partial charge in [-0.1, -0.05) is 25.1 Å². The maximum Gasteiger partial charge on any atom is 0.0459 e. The van der Waals surface area contributed by atoms with Gasteiger partial charge in [-0.15, -0.1) is 0 Å². The van der Waals surface area contributed by atoms with Crippen molar-refractivity contribution in [1.29, 1.82) is 0 Å². The second-order valence-electron chi connectivity index (χ2n) is 4.82. The number of likely N-dealkylation sites (N-methyl/N-ethyl adjacent to an activating group) is 2. The first-order valence-electron chi connectivity index (χ1n) is 6.67. The minimum Gasteiger partial charge on any atom is -0.357 e. The fraction of sp³-hybridized carbons (Fsp3) is 0.467. The minimum absolute atomic E-state index is 0.986. The summed E-state index contributed by atoms with van der Waals surface area (Å²) in [6.07, 6.45) is 1.08. The van der Waals surface area contributed by atoms with Gasteiger partial charge in [0, 0.05) is 36.2 Å². The summed E-state index contributed by atoms with van der Waals surface area (Å²) in [7, 11) is 4.16. The van der Waals surface area contributed by atoms with Gasteiger partial charge in [0.15, 0.2) is 0 Å². The van der Waals surface area contributed by atoms with Crippen LogP contribution in [0, 0.1) is 0 Å². The van der Waals surface area contributed by atoms with Crippen LogP contribution in [0.4, 0.5) is 0 Å². The molecule has 0 saturated heterocycles. The molecule has 0 fully saturated rings. The number of fused-ring (bicyclic) bond motifs is 1. The second kappa shape index (κ2) is 6.03. The summed E-state index contributed by atoms with van der Waals surface area (Å²) in [5.74, 6) is 0. The Kier molecular flexibility index (Phi) is 4.39. The van der Waals surface area contributed by atoms with Gasteiger partial charge in [0.1, 0.15) is 0 Å². The zero-order valence-corrected chi connectivity index (χ0v) is 11.6. The summed E-state index contributed by atoms with van der Waals surface area (Å²) in [5.41, 5.74) is 4.07. The molecule has 3 nitrogen and oxygen atoms in total. The van der Waals surface area contributed by atoms with E-state index in [2.05, 4.69) is 53.4 Å². The number of nitrogens with one attached hydrogen (secondary N) is 2. The largest absolute Gasteiger partial charge is 0.357 e. The van der Waals surface area contributed by atoms with Crippen LogP contribution in [0.5, 0.6) is 0 Å². The Balaban J connectivity index is 2.21. The van der Waals surface area contributed by atoms with Crippen LogP contribution < -0.4 is 5.32 Å². The van der Waals surface area contributed by atoms with Gasteiger partial charge in [-0.25, -0.2) is 0 Å². The highest BCUT2D eigenvalue weighted by Crippen LogP contribution is 2.23. The highest BCUT2D eigenvalue weighted by atomic mass is 15.1. The van der Waals surface area contributed by atoms with Crippen molar-refractivity contribution in [3.05, 3.63) is 35.5 Å². The molecule has 18 heavy (non-hydrogen) atoms. The average molecular weight is 245 g/mol. The van der Waals surface area contributed by atoms with Crippen molar-refractivity contribution >= 4 is 10.9 Å². The molecule has 0 aliphatic rings. The molecule has 0 radical (unpaired) electrons. The molecule has 0 bridgehead atoms. The Morgan fingerprint density at radius 2 is 2.06 bits per heavy atom. The first-order valence-corrected chi connectivity index (χ1v) is 6.67. The van der Waals surface area contributed by atoms with E-state index in [-0.39, 0.29) is 0 Å². The minimum atomic E-state index is 0.986. The molecular weight excluding hydrogens is 222 g/mol. The Bertz CT molecular complexity index is 501. The smallest absolute Gasteiger partial charge is 0.0459 e. The van der Waals surface area contributed by atoms with Gasteiger partial charge < -0.3 is 10.3 Å². The van der Waals surface area contributed by atoms with Gasteiger partial charge in [-0.05, 0) is 32.1 Å². The Morgan fingerprint density at radius 1 is 1.28 bits per heavy atom. The lowest BCUT2D eigenvalue weighted by molar-refractivity contribution is 0.324. The van der Waals surface area contributed by atoms with Crippen LogP contribution in [0.3, 0.4) is 0 Å². The molecule has 1 aromatic carbocycles. The third-order valence-corrected chi connectivity index (χ3v) is 3.43. The number of hydrogen-bond acceptors (Lipinski definition) is 2. The predicted octanol–water partition coefficient (Wildman–Crippen LogP) is 2.38. The number of benzene rings is 1. The number of nitrogens with zero attached hydrogens (tertiary/aromatic N) is 1. The standard InChI is InChI=1S/C15H23N3/c1-4-12-13-7-5-6-8-14(13)17-15(12)11-18(3)10-9-16-2/h5-8,16-17H,4,9-11H2,1-3H3. The monoisotopic (exact) mass is 245 g/mol. The van der Waals surface area contributed by atoms with E-state index in [0.717, 1.165) is 26.1 Å². The van der Waals surface area contributed by atoms with Crippen molar-refractivity contribution in [3.8, 4) is 0 Å². The summed E-state index contributed by atoms with van der Waals surface area (Å²) in [5, 5.41) is 4.56. The van der Waals surface area contributed by atoms with Crippen LogP contribution in [0.15, 0.2) is 24.3 Å². The van der Waals surface area contributed by atoms with E-state index in [0.29, 0.717) is 0 Å². The predicted molar refractivity (Wildman–Crippen MR) is 77.9 cm³/mol. The lowest BCUT2D eigenvalue weighted by Gasteiger charge is -2.16. The molecule has 1 aromatic heterocycles. The molecule has 0 amide bonds. The maximum atomic E-state index is 3.56.